The Labute approximate surface area is 98.9 Å². The summed E-state index contributed by atoms with van der Waals surface area (Å²) >= 11 is 0. The van der Waals surface area contributed by atoms with E-state index in [0.717, 1.165) is 19.3 Å². The Morgan fingerprint density at radius 2 is 1.94 bits per heavy atom. The van der Waals surface area contributed by atoms with Gasteiger partial charge in [-0.1, -0.05) is 20.8 Å². The number of ether oxygens (including phenoxy) is 1. The number of hydrogen-bond acceptors (Lipinski definition) is 3. The van der Waals surface area contributed by atoms with E-state index in [1.165, 1.54) is 0 Å². The van der Waals surface area contributed by atoms with E-state index < -0.39 is 6.10 Å². The van der Waals surface area contributed by atoms with Crippen molar-refractivity contribution in [2.45, 2.75) is 58.7 Å². The SMILES string of the molecule is CCCNC(=O)C(C)OC(CC)(CC)CN. The molecular weight excluding hydrogens is 204 g/mol. The molecule has 0 radical (unpaired) electrons. The maximum absolute atomic E-state index is 11.7. The molecule has 4 heteroatoms. The van der Waals surface area contributed by atoms with E-state index in [-0.39, 0.29) is 11.5 Å². The van der Waals surface area contributed by atoms with Crippen LogP contribution in [0, 0.1) is 0 Å². The van der Waals surface area contributed by atoms with E-state index in [2.05, 4.69) is 5.32 Å². The summed E-state index contributed by atoms with van der Waals surface area (Å²) in [6, 6.07) is 0. The molecule has 0 bridgehead atoms. The highest BCUT2D eigenvalue weighted by Gasteiger charge is 2.29. The van der Waals surface area contributed by atoms with Crippen LogP contribution in [0.3, 0.4) is 0 Å². The molecular formula is C12H26N2O2. The van der Waals surface area contributed by atoms with Crippen LogP contribution in [0.15, 0.2) is 0 Å². The molecule has 1 unspecified atom stereocenters. The van der Waals surface area contributed by atoms with Crippen molar-refractivity contribution in [3.05, 3.63) is 0 Å². The van der Waals surface area contributed by atoms with E-state index in [1.807, 2.05) is 20.8 Å². The Hall–Kier alpha value is -0.610. The normalized spacial score (nSPS) is 13.6. The number of hydrogen-bond donors (Lipinski definition) is 2. The maximum atomic E-state index is 11.7. The molecule has 0 fully saturated rings. The molecule has 0 aromatic rings. The molecule has 0 saturated heterocycles. The lowest BCUT2D eigenvalue weighted by atomic mass is 9.97. The van der Waals surface area contributed by atoms with Crippen molar-refractivity contribution in [1.82, 2.24) is 5.32 Å². The number of nitrogens with two attached hydrogens (primary N) is 1. The first-order valence-corrected chi connectivity index (χ1v) is 6.20. The Bertz CT molecular complexity index is 195. The number of carbonyl (C=O) groups excluding carboxylic acids is 1. The van der Waals surface area contributed by atoms with Gasteiger partial charge in [-0.25, -0.2) is 0 Å². The van der Waals surface area contributed by atoms with Crippen molar-refractivity contribution < 1.29 is 9.53 Å². The van der Waals surface area contributed by atoms with Gasteiger partial charge in [0.1, 0.15) is 6.10 Å². The van der Waals surface area contributed by atoms with Gasteiger partial charge in [0.25, 0.3) is 0 Å². The summed E-state index contributed by atoms with van der Waals surface area (Å²) in [4.78, 5) is 11.7. The lowest BCUT2D eigenvalue weighted by Gasteiger charge is -2.33. The van der Waals surface area contributed by atoms with Gasteiger partial charge in [-0.05, 0) is 26.2 Å². The molecule has 96 valence electrons. The molecule has 1 amide bonds. The second kappa shape index (κ2) is 7.63. The first-order chi connectivity index (χ1) is 7.55. The van der Waals surface area contributed by atoms with E-state index in [0.29, 0.717) is 13.1 Å². The zero-order valence-corrected chi connectivity index (χ0v) is 11.0. The number of nitrogens with one attached hydrogen (secondary N) is 1. The second-order valence-electron chi connectivity index (χ2n) is 4.15. The van der Waals surface area contributed by atoms with Gasteiger partial charge >= 0.3 is 0 Å². The number of carbonyl (C=O) groups is 1. The predicted octanol–water partition coefficient (Wildman–Crippen LogP) is 1.44. The van der Waals surface area contributed by atoms with E-state index in [4.69, 9.17) is 10.5 Å². The Morgan fingerprint density at radius 1 is 1.38 bits per heavy atom. The van der Waals surface area contributed by atoms with Gasteiger partial charge in [-0.2, -0.15) is 0 Å². The van der Waals surface area contributed by atoms with Crippen LogP contribution < -0.4 is 11.1 Å². The van der Waals surface area contributed by atoms with Crippen molar-refractivity contribution in [3.63, 3.8) is 0 Å². The third-order valence-electron chi connectivity index (χ3n) is 3.01. The molecule has 4 nitrogen and oxygen atoms in total. The predicted molar refractivity (Wildman–Crippen MR) is 66.2 cm³/mol. The highest BCUT2D eigenvalue weighted by atomic mass is 16.5. The fraction of sp³-hybridized carbons (Fsp3) is 0.917. The first kappa shape index (κ1) is 15.4. The molecule has 0 saturated carbocycles. The van der Waals surface area contributed by atoms with Gasteiger partial charge < -0.3 is 15.8 Å². The molecule has 0 aliphatic heterocycles. The van der Waals surface area contributed by atoms with Crippen molar-refractivity contribution in [3.8, 4) is 0 Å². The summed E-state index contributed by atoms with van der Waals surface area (Å²) in [5.74, 6) is -0.0541. The van der Waals surface area contributed by atoms with E-state index >= 15 is 0 Å². The Morgan fingerprint density at radius 3 is 2.31 bits per heavy atom. The van der Waals surface area contributed by atoms with Gasteiger partial charge in [0.05, 0.1) is 5.60 Å². The minimum absolute atomic E-state index is 0.0541. The smallest absolute Gasteiger partial charge is 0.248 e. The number of rotatable bonds is 8. The molecule has 3 N–H and O–H groups in total. The molecule has 0 aromatic heterocycles. The van der Waals surface area contributed by atoms with Crippen LogP contribution in [-0.4, -0.2) is 30.7 Å². The molecule has 1 atom stereocenters. The third kappa shape index (κ3) is 4.49. The molecule has 0 heterocycles. The van der Waals surface area contributed by atoms with Gasteiger partial charge in [0.15, 0.2) is 0 Å². The van der Waals surface area contributed by atoms with Crippen LogP contribution in [0.1, 0.15) is 47.0 Å². The van der Waals surface area contributed by atoms with Gasteiger partial charge in [0.2, 0.25) is 5.91 Å². The summed E-state index contributed by atoms with van der Waals surface area (Å²) in [6.45, 7) is 9.01. The van der Waals surface area contributed by atoms with Crippen molar-refractivity contribution in [2.75, 3.05) is 13.1 Å². The molecule has 16 heavy (non-hydrogen) atoms. The van der Waals surface area contributed by atoms with Crippen LogP contribution >= 0.6 is 0 Å². The minimum atomic E-state index is -0.435. The van der Waals surface area contributed by atoms with Crippen LogP contribution in [0.5, 0.6) is 0 Å². The number of amides is 1. The van der Waals surface area contributed by atoms with Gasteiger partial charge in [-0.15, -0.1) is 0 Å². The molecule has 0 aliphatic carbocycles. The minimum Gasteiger partial charge on any atom is -0.361 e. The van der Waals surface area contributed by atoms with Crippen molar-refractivity contribution in [1.29, 1.82) is 0 Å². The first-order valence-electron chi connectivity index (χ1n) is 6.20. The zero-order valence-electron chi connectivity index (χ0n) is 11.0. The highest BCUT2D eigenvalue weighted by Crippen LogP contribution is 2.21. The lowest BCUT2D eigenvalue weighted by Crippen LogP contribution is -2.46. The van der Waals surface area contributed by atoms with Crippen LogP contribution in [0.4, 0.5) is 0 Å². The van der Waals surface area contributed by atoms with E-state index in [9.17, 15) is 4.79 Å². The topological polar surface area (TPSA) is 64.3 Å². The summed E-state index contributed by atoms with van der Waals surface area (Å²) in [5.41, 5.74) is 5.36. The Balaban J connectivity index is 4.28. The van der Waals surface area contributed by atoms with Crippen molar-refractivity contribution in [2.24, 2.45) is 5.73 Å². The monoisotopic (exact) mass is 230 g/mol. The third-order valence-corrected chi connectivity index (χ3v) is 3.01. The average Bonchev–Trinajstić information content (AvgIpc) is 2.32. The zero-order chi connectivity index (χ0) is 12.6. The largest absolute Gasteiger partial charge is 0.361 e. The summed E-state index contributed by atoms with van der Waals surface area (Å²) in [6.07, 6.45) is 2.15. The van der Waals surface area contributed by atoms with Crippen LogP contribution in [0.2, 0.25) is 0 Å². The summed E-state index contributed by atoms with van der Waals surface area (Å²) < 4.78 is 5.81. The van der Waals surface area contributed by atoms with Crippen LogP contribution in [0.25, 0.3) is 0 Å². The molecule has 0 aromatic carbocycles. The van der Waals surface area contributed by atoms with Crippen molar-refractivity contribution >= 4 is 5.91 Å². The van der Waals surface area contributed by atoms with E-state index in [1.54, 1.807) is 6.92 Å². The van der Waals surface area contributed by atoms with Crippen LogP contribution in [-0.2, 0) is 9.53 Å². The summed E-state index contributed by atoms with van der Waals surface area (Å²) in [7, 11) is 0. The quantitative estimate of drug-likeness (QED) is 0.663. The fourth-order valence-electron chi connectivity index (χ4n) is 1.57. The second-order valence-corrected chi connectivity index (χ2v) is 4.15. The highest BCUT2D eigenvalue weighted by molar-refractivity contribution is 5.80. The molecule has 0 spiro atoms. The summed E-state index contributed by atoms with van der Waals surface area (Å²) in [5, 5.41) is 2.82. The van der Waals surface area contributed by atoms with Gasteiger partial charge in [-0.3, -0.25) is 4.79 Å². The standard InChI is InChI=1S/C12H26N2O2/c1-5-8-14-11(15)10(4)16-12(6-2,7-3)9-13/h10H,5-9,13H2,1-4H3,(H,14,15). The maximum Gasteiger partial charge on any atom is 0.248 e. The lowest BCUT2D eigenvalue weighted by molar-refractivity contribution is -0.145. The Kier molecular flexibility index (Phi) is 7.34. The van der Waals surface area contributed by atoms with Gasteiger partial charge in [0, 0.05) is 13.1 Å². The molecule has 0 rings (SSSR count). The fourth-order valence-corrected chi connectivity index (χ4v) is 1.57. The molecule has 0 aliphatic rings. The average molecular weight is 230 g/mol.